The highest BCUT2D eigenvalue weighted by atomic mass is 16.5. The number of ketones is 2. The summed E-state index contributed by atoms with van der Waals surface area (Å²) in [7, 11) is 1.45. The molecule has 2 aromatic carbocycles. The summed E-state index contributed by atoms with van der Waals surface area (Å²) < 4.78 is 5.18. The minimum absolute atomic E-state index is 0.00148. The second-order valence-electron chi connectivity index (χ2n) is 6.07. The molecule has 0 spiro atoms. The number of benzene rings is 2. The van der Waals surface area contributed by atoms with Gasteiger partial charge in [-0.3, -0.25) is 9.59 Å². The highest BCUT2D eigenvalue weighted by molar-refractivity contribution is 6.07. The van der Waals surface area contributed by atoms with Crippen molar-refractivity contribution in [2.75, 3.05) is 18.6 Å². The number of aryl methyl sites for hydroxylation is 2. The Morgan fingerprint density at radius 1 is 0.885 bits per heavy atom. The van der Waals surface area contributed by atoms with Gasteiger partial charge in [0, 0.05) is 11.6 Å². The Morgan fingerprint density at radius 2 is 1.42 bits per heavy atom. The summed E-state index contributed by atoms with van der Waals surface area (Å²) in [6.07, 6.45) is 0. The number of nitrogens with zero attached hydrogens (tertiary/aromatic N) is 2. The molecule has 0 fully saturated rings. The number of methoxy groups -OCH3 is 1. The van der Waals surface area contributed by atoms with Crippen LogP contribution in [0.15, 0.2) is 28.4 Å². The molecule has 7 heteroatoms. The first-order valence-electron chi connectivity index (χ1n) is 7.98. The number of Topliss-reactive ketones (excluding diaryl/α,β-unsaturated/α-hetero) is 2. The average Bonchev–Trinajstić information content (AvgIpc) is 2.54. The second kappa shape index (κ2) is 7.35. The van der Waals surface area contributed by atoms with E-state index in [1.54, 1.807) is 12.1 Å². The van der Waals surface area contributed by atoms with E-state index in [1.807, 2.05) is 13.8 Å². The van der Waals surface area contributed by atoms with Crippen molar-refractivity contribution in [3.8, 4) is 5.75 Å². The molecule has 7 nitrogen and oxygen atoms in total. The van der Waals surface area contributed by atoms with Gasteiger partial charge < -0.3 is 16.2 Å². The summed E-state index contributed by atoms with van der Waals surface area (Å²) in [6, 6.07) is 5.05. The molecule has 0 aliphatic rings. The molecular formula is C19H22N4O3. The molecule has 0 aliphatic carbocycles. The Morgan fingerprint density at radius 3 is 1.88 bits per heavy atom. The monoisotopic (exact) mass is 354 g/mol. The molecule has 0 aliphatic heterocycles. The molecule has 2 aromatic rings. The van der Waals surface area contributed by atoms with E-state index in [4.69, 9.17) is 16.2 Å². The van der Waals surface area contributed by atoms with Gasteiger partial charge in [-0.1, -0.05) is 0 Å². The molecule has 0 saturated heterocycles. The van der Waals surface area contributed by atoms with Crippen LogP contribution in [-0.2, 0) is 0 Å². The first kappa shape index (κ1) is 19.1. The first-order valence-corrected chi connectivity index (χ1v) is 7.98. The van der Waals surface area contributed by atoms with Gasteiger partial charge in [-0.15, -0.1) is 5.11 Å². The minimum atomic E-state index is -0.273. The van der Waals surface area contributed by atoms with Crippen molar-refractivity contribution < 1.29 is 14.3 Å². The van der Waals surface area contributed by atoms with Crippen molar-refractivity contribution in [2.45, 2.75) is 27.7 Å². The van der Waals surface area contributed by atoms with Crippen LogP contribution in [0.25, 0.3) is 0 Å². The molecule has 0 aromatic heterocycles. The number of nitrogen functional groups attached to an aromatic ring is 2. The Balaban J connectivity index is 2.56. The van der Waals surface area contributed by atoms with Gasteiger partial charge in [0.1, 0.15) is 11.4 Å². The van der Waals surface area contributed by atoms with E-state index in [0.29, 0.717) is 17.0 Å². The van der Waals surface area contributed by atoms with E-state index < -0.39 is 0 Å². The van der Waals surface area contributed by atoms with Gasteiger partial charge in [-0.25, -0.2) is 0 Å². The minimum Gasteiger partial charge on any atom is -0.494 e. The summed E-state index contributed by atoms with van der Waals surface area (Å²) in [5, 5.41) is 8.37. The van der Waals surface area contributed by atoms with E-state index in [0.717, 1.165) is 11.1 Å². The lowest BCUT2D eigenvalue weighted by Gasteiger charge is -2.12. The maximum atomic E-state index is 12.0. The standard InChI is InChI=1S/C19H22N4O3/c1-9-6-13(7-10(2)16(9)11(3)24)22-23-14-8-15(26-5)18(20)19(21)17(14)12(4)25/h6-8H,20-21H2,1-5H3. The molecule has 0 heterocycles. The topological polar surface area (TPSA) is 120 Å². The number of nitrogens with two attached hydrogens (primary N) is 2. The van der Waals surface area contributed by atoms with Crippen LogP contribution in [0.3, 0.4) is 0 Å². The van der Waals surface area contributed by atoms with Gasteiger partial charge >= 0.3 is 0 Å². The summed E-state index contributed by atoms with van der Waals surface area (Å²) in [5.41, 5.74) is 15.5. The zero-order valence-electron chi connectivity index (χ0n) is 15.5. The van der Waals surface area contributed by atoms with Gasteiger partial charge in [-0.2, -0.15) is 5.11 Å². The fourth-order valence-corrected chi connectivity index (χ4v) is 2.96. The van der Waals surface area contributed by atoms with E-state index in [-0.39, 0.29) is 34.2 Å². The van der Waals surface area contributed by atoms with E-state index >= 15 is 0 Å². The van der Waals surface area contributed by atoms with Crippen molar-refractivity contribution in [3.05, 3.63) is 40.5 Å². The largest absolute Gasteiger partial charge is 0.494 e. The van der Waals surface area contributed by atoms with Crippen LogP contribution < -0.4 is 16.2 Å². The van der Waals surface area contributed by atoms with E-state index in [1.165, 1.54) is 27.0 Å². The van der Waals surface area contributed by atoms with Gasteiger partial charge in [0.2, 0.25) is 0 Å². The van der Waals surface area contributed by atoms with Crippen molar-refractivity contribution in [3.63, 3.8) is 0 Å². The lowest BCUT2D eigenvalue weighted by Crippen LogP contribution is -2.06. The van der Waals surface area contributed by atoms with E-state index in [9.17, 15) is 9.59 Å². The number of anilines is 2. The van der Waals surface area contributed by atoms with Gasteiger partial charge in [0.15, 0.2) is 11.6 Å². The number of carbonyl (C=O) groups is 2. The zero-order valence-corrected chi connectivity index (χ0v) is 15.5. The van der Waals surface area contributed by atoms with E-state index in [2.05, 4.69) is 10.2 Å². The van der Waals surface area contributed by atoms with Crippen LogP contribution in [0.2, 0.25) is 0 Å². The Hall–Kier alpha value is -3.22. The summed E-state index contributed by atoms with van der Waals surface area (Å²) in [4.78, 5) is 23.7. The molecule has 0 unspecified atom stereocenters. The van der Waals surface area contributed by atoms with Gasteiger partial charge in [-0.05, 0) is 51.0 Å². The number of hydrogen-bond donors (Lipinski definition) is 2. The maximum Gasteiger partial charge on any atom is 0.164 e. The molecule has 2 rings (SSSR count). The molecule has 136 valence electrons. The Labute approximate surface area is 152 Å². The first-order chi connectivity index (χ1) is 12.2. The van der Waals surface area contributed by atoms with Crippen molar-refractivity contribution >= 4 is 34.3 Å². The zero-order chi connectivity index (χ0) is 19.6. The van der Waals surface area contributed by atoms with Crippen LogP contribution in [0.4, 0.5) is 22.7 Å². The highest BCUT2D eigenvalue weighted by Gasteiger charge is 2.18. The molecule has 26 heavy (non-hydrogen) atoms. The number of hydrogen-bond acceptors (Lipinski definition) is 7. The molecule has 0 radical (unpaired) electrons. The van der Waals surface area contributed by atoms with Crippen molar-refractivity contribution in [1.29, 1.82) is 0 Å². The lowest BCUT2D eigenvalue weighted by atomic mass is 9.99. The van der Waals surface area contributed by atoms with Crippen LogP contribution in [0, 0.1) is 13.8 Å². The third kappa shape index (κ3) is 3.56. The van der Waals surface area contributed by atoms with Crippen LogP contribution in [0.1, 0.15) is 45.7 Å². The Bertz CT molecular complexity index is 910. The van der Waals surface area contributed by atoms with Gasteiger partial charge in [0.25, 0.3) is 0 Å². The predicted molar refractivity (Wildman–Crippen MR) is 102 cm³/mol. The number of ether oxygens (including phenoxy) is 1. The van der Waals surface area contributed by atoms with Crippen LogP contribution in [-0.4, -0.2) is 18.7 Å². The smallest absolute Gasteiger partial charge is 0.164 e. The van der Waals surface area contributed by atoms with Crippen LogP contribution >= 0.6 is 0 Å². The molecule has 0 amide bonds. The van der Waals surface area contributed by atoms with Gasteiger partial charge in [0.05, 0.1) is 29.7 Å². The number of azo groups is 1. The van der Waals surface area contributed by atoms with Crippen molar-refractivity contribution in [1.82, 2.24) is 0 Å². The molecule has 0 saturated carbocycles. The Kier molecular flexibility index (Phi) is 5.40. The maximum absolute atomic E-state index is 12.0. The third-order valence-corrected chi connectivity index (χ3v) is 4.06. The quantitative estimate of drug-likeness (QED) is 0.471. The highest BCUT2D eigenvalue weighted by Crippen LogP contribution is 2.39. The number of rotatable bonds is 5. The lowest BCUT2D eigenvalue weighted by molar-refractivity contribution is 0.100. The average molecular weight is 354 g/mol. The second-order valence-corrected chi connectivity index (χ2v) is 6.07. The molecule has 0 bridgehead atoms. The predicted octanol–water partition coefficient (Wildman–Crippen LogP) is 4.30. The third-order valence-electron chi connectivity index (χ3n) is 4.06. The molecule has 0 atom stereocenters. The fraction of sp³-hybridized carbons (Fsp3) is 0.263. The van der Waals surface area contributed by atoms with Crippen molar-refractivity contribution in [2.24, 2.45) is 10.2 Å². The normalized spacial score (nSPS) is 11.0. The molecular weight excluding hydrogens is 332 g/mol. The number of carbonyl (C=O) groups excluding carboxylic acids is 2. The SMILES string of the molecule is COc1cc(N=Nc2cc(C)c(C(C)=O)c(C)c2)c(C(C)=O)c(N)c1N. The summed E-state index contributed by atoms with van der Waals surface area (Å²) >= 11 is 0. The van der Waals surface area contributed by atoms with Crippen LogP contribution in [0.5, 0.6) is 5.75 Å². The summed E-state index contributed by atoms with van der Waals surface area (Å²) in [6.45, 7) is 6.59. The molecule has 4 N–H and O–H groups in total. The fourth-order valence-electron chi connectivity index (χ4n) is 2.96. The summed E-state index contributed by atoms with van der Waals surface area (Å²) in [5.74, 6) is 0.0456.